The SMILES string of the molecule is Cc1cc(C2CC2)nc2cc([C@@H]3CCCCN3C(=O)C(NC(=O)OC(C)(C)C)c3ccccc3Br)nn12. The summed E-state index contributed by atoms with van der Waals surface area (Å²) >= 11 is 3.57. The Morgan fingerprint density at radius 3 is 2.57 bits per heavy atom. The van der Waals surface area contributed by atoms with Crippen LogP contribution in [0, 0.1) is 6.92 Å². The van der Waals surface area contributed by atoms with Gasteiger partial charge in [0.05, 0.1) is 11.7 Å². The Morgan fingerprint density at radius 2 is 1.86 bits per heavy atom. The zero-order valence-electron chi connectivity index (χ0n) is 21.8. The number of carbonyl (C=O) groups excluding carboxylic acids is 2. The molecule has 2 fully saturated rings. The summed E-state index contributed by atoms with van der Waals surface area (Å²) < 4.78 is 8.13. The van der Waals surface area contributed by atoms with Crippen LogP contribution >= 0.6 is 15.9 Å². The predicted octanol–water partition coefficient (Wildman–Crippen LogP) is 6.00. The Bertz CT molecular complexity index is 1330. The van der Waals surface area contributed by atoms with Gasteiger partial charge in [-0.05, 0) is 77.5 Å². The molecule has 1 N–H and O–H groups in total. The normalized spacial score (nSPS) is 19.1. The van der Waals surface area contributed by atoms with E-state index >= 15 is 0 Å². The van der Waals surface area contributed by atoms with Crippen LogP contribution < -0.4 is 5.32 Å². The van der Waals surface area contributed by atoms with E-state index in [0.29, 0.717) is 18.0 Å². The van der Waals surface area contributed by atoms with Gasteiger partial charge in [0.1, 0.15) is 11.6 Å². The number of fused-ring (bicyclic) bond motifs is 1. The topological polar surface area (TPSA) is 88.8 Å². The summed E-state index contributed by atoms with van der Waals surface area (Å²) in [5, 5.41) is 7.73. The van der Waals surface area contributed by atoms with Crippen LogP contribution in [0.5, 0.6) is 0 Å². The molecular formula is C28H34BrN5O3. The molecule has 1 aliphatic heterocycles. The van der Waals surface area contributed by atoms with Gasteiger partial charge >= 0.3 is 6.09 Å². The Hall–Kier alpha value is -2.94. The molecule has 2 aromatic heterocycles. The van der Waals surface area contributed by atoms with E-state index in [2.05, 4.69) is 34.2 Å². The van der Waals surface area contributed by atoms with Crippen molar-refractivity contribution in [3.63, 3.8) is 0 Å². The van der Waals surface area contributed by atoms with Gasteiger partial charge in [0.2, 0.25) is 0 Å². The number of carbonyl (C=O) groups is 2. The molecule has 3 aromatic rings. The van der Waals surface area contributed by atoms with Crippen LogP contribution in [0.15, 0.2) is 40.9 Å². The molecule has 2 atom stereocenters. The lowest BCUT2D eigenvalue weighted by Gasteiger charge is -2.37. The molecule has 1 unspecified atom stereocenters. The average molecular weight is 569 g/mol. The molecule has 2 amide bonds. The summed E-state index contributed by atoms with van der Waals surface area (Å²) in [4.78, 5) is 33.7. The van der Waals surface area contributed by atoms with Crippen molar-refractivity contribution >= 4 is 33.6 Å². The first-order valence-electron chi connectivity index (χ1n) is 13.0. The van der Waals surface area contributed by atoms with Crippen molar-refractivity contribution < 1.29 is 14.3 Å². The molecule has 196 valence electrons. The Morgan fingerprint density at radius 1 is 1.11 bits per heavy atom. The molecule has 1 aliphatic carbocycles. The predicted molar refractivity (Wildman–Crippen MR) is 144 cm³/mol. The molecule has 1 saturated heterocycles. The van der Waals surface area contributed by atoms with Crippen LogP contribution in [0.3, 0.4) is 0 Å². The Balaban J connectivity index is 1.47. The third-order valence-corrected chi connectivity index (χ3v) is 7.61. The van der Waals surface area contributed by atoms with Crippen molar-refractivity contribution in [1.29, 1.82) is 0 Å². The number of halogens is 1. The number of nitrogens with zero attached hydrogens (tertiary/aromatic N) is 4. The van der Waals surface area contributed by atoms with Crippen molar-refractivity contribution in [3.05, 3.63) is 63.5 Å². The highest BCUT2D eigenvalue weighted by Gasteiger charge is 2.37. The minimum atomic E-state index is -0.899. The molecule has 8 nitrogen and oxygen atoms in total. The maximum Gasteiger partial charge on any atom is 0.408 e. The minimum Gasteiger partial charge on any atom is -0.444 e. The quantitative estimate of drug-likeness (QED) is 0.408. The number of amides is 2. The number of aryl methyl sites for hydroxylation is 1. The number of alkyl carbamates (subject to hydrolysis) is 1. The number of aromatic nitrogens is 3. The second kappa shape index (κ2) is 10.1. The first-order chi connectivity index (χ1) is 17.6. The van der Waals surface area contributed by atoms with Gasteiger partial charge in [0.15, 0.2) is 5.65 Å². The van der Waals surface area contributed by atoms with Gasteiger partial charge in [-0.1, -0.05) is 34.1 Å². The fraction of sp³-hybridized carbons (Fsp3) is 0.500. The zero-order valence-corrected chi connectivity index (χ0v) is 23.4. The number of ether oxygens (including phenoxy) is 1. The monoisotopic (exact) mass is 567 g/mol. The maximum atomic E-state index is 14.2. The van der Waals surface area contributed by atoms with Crippen LogP contribution in [0.1, 0.15) is 93.5 Å². The van der Waals surface area contributed by atoms with Crippen molar-refractivity contribution in [2.24, 2.45) is 0 Å². The highest BCUT2D eigenvalue weighted by Crippen LogP contribution is 2.40. The molecule has 9 heteroatoms. The number of rotatable bonds is 5. The maximum absolute atomic E-state index is 14.2. The van der Waals surface area contributed by atoms with Crippen molar-refractivity contribution in [2.45, 2.75) is 83.4 Å². The summed E-state index contributed by atoms with van der Waals surface area (Å²) in [6.07, 6.45) is 4.45. The van der Waals surface area contributed by atoms with E-state index in [4.69, 9.17) is 14.8 Å². The fourth-order valence-corrected chi connectivity index (χ4v) is 5.51. The average Bonchev–Trinajstić information content (AvgIpc) is 3.60. The van der Waals surface area contributed by atoms with E-state index in [1.807, 2.05) is 39.7 Å². The molecule has 1 aromatic carbocycles. The van der Waals surface area contributed by atoms with Crippen LogP contribution in [-0.2, 0) is 9.53 Å². The molecule has 1 saturated carbocycles. The molecule has 0 radical (unpaired) electrons. The molecule has 0 bridgehead atoms. The van der Waals surface area contributed by atoms with Crippen molar-refractivity contribution in [1.82, 2.24) is 24.8 Å². The summed E-state index contributed by atoms with van der Waals surface area (Å²) in [5.41, 5.74) is 3.83. The van der Waals surface area contributed by atoms with Crippen LogP contribution in [0.2, 0.25) is 0 Å². The van der Waals surface area contributed by atoms with Gasteiger partial charge in [-0.3, -0.25) is 4.79 Å². The second-order valence-electron chi connectivity index (χ2n) is 11.1. The van der Waals surface area contributed by atoms with Crippen molar-refractivity contribution in [3.8, 4) is 0 Å². The number of hydrogen-bond donors (Lipinski definition) is 1. The molecule has 0 spiro atoms. The van der Waals surface area contributed by atoms with Crippen LogP contribution in [0.4, 0.5) is 4.79 Å². The zero-order chi connectivity index (χ0) is 26.3. The lowest BCUT2D eigenvalue weighted by atomic mass is 9.96. The van der Waals surface area contributed by atoms with E-state index in [1.165, 1.54) is 12.8 Å². The van der Waals surface area contributed by atoms with Crippen LogP contribution in [-0.4, -0.2) is 43.6 Å². The van der Waals surface area contributed by atoms with Gasteiger partial charge in [-0.15, -0.1) is 0 Å². The standard InChI is InChI=1S/C28H34BrN5O3/c1-17-15-21(18-12-13-18)30-24-16-22(32-34(17)24)23-11-7-8-14-33(23)26(35)25(19-9-5-6-10-20(19)29)31-27(36)37-28(2,3)4/h5-6,9-10,15-16,18,23,25H,7-8,11-14H2,1-4H3,(H,31,36)/t23-,25?/m0/s1. The number of hydrogen-bond acceptors (Lipinski definition) is 5. The van der Waals surface area contributed by atoms with E-state index in [1.54, 1.807) is 20.8 Å². The summed E-state index contributed by atoms with van der Waals surface area (Å²) in [6, 6.07) is 10.5. The van der Waals surface area contributed by atoms with E-state index in [9.17, 15) is 9.59 Å². The first kappa shape index (κ1) is 25.7. The molecule has 5 rings (SSSR count). The van der Waals surface area contributed by atoms with Gasteiger partial charge in [0, 0.05) is 34.4 Å². The lowest BCUT2D eigenvalue weighted by Crippen LogP contribution is -2.47. The van der Waals surface area contributed by atoms with Gasteiger partial charge < -0.3 is 15.0 Å². The highest BCUT2D eigenvalue weighted by atomic mass is 79.9. The second-order valence-corrected chi connectivity index (χ2v) is 11.9. The lowest BCUT2D eigenvalue weighted by molar-refractivity contribution is -0.137. The van der Waals surface area contributed by atoms with E-state index in [0.717, 1.165) is 46.5 Å². The number of benzene rings is 1. The Labute approximate surface area is 225 Å². The van der Waals surface area contributed by atoms with E-state index in [-0.39, 0.29) is 11.9 Å². The van der Waals surface area contributed by atoms with Gasteiger partial charge in [-0.2, -0.15) is 5.10 Å². The number of nitrogens with one attached hydrogen (secondary N) is 1. The Kier molecular flexibility index (Phi) is 7.00. The number of likely N-dealkylation sites (tertiary alicyclic amines) is 1. The molecule has 3 heterocycles. The minimum absolute atomic E-state index is 0.178. The highest BCUT2D eigenvalue weighted by molar-refractivity contribution is 9.10. The summed E-state index contributed by atoms with van der Waals surface area (Å²) in [7, 11) is 0. The van der Waals surface area contributed by atoms with E-state index < -0.39 is 17.7 Å². The fourth-order valence-electron chi connectivity index (χ4n) is 4.99. The molecule has 2 aliphatic rings. The van der Waals surface area contributed by atoms with Gasteiger partial charge in [0.25, 0.3) is 5.91 Å². The van der Waals surface area contributed by atoms with Gasteiger partial charge in [-0.25, -0.2) is 14.3 Å². The smallest absolute Gasteiger partial charge is 0.408 e. The summed E-state index contributed by atoms with van der Waals surface area (Å²) in [5.74, 6) is 0.377. The molecular weight excluding hydrogens is 534 g/mol. The van der Waals surface area contributed by atoms with Crippen LogP contribution in [0.25, 0.3) is 5.65 Å². The summed E-state index contributed by atoms with van der Waals surface area (Å²) in [6.45, 7) is 8.05. The molecule has 37 heavy (non-hydrogen) atoms. The van der Waals surface area contributed by atoms with Crippen molar-refractivity contribution in [2.75, 3.05) is 6.54 Å². The third kappa shape index (κ3) is 5.66. The first-order valence-corrected chi connectivity index (χ1v) is 13.8. The largest absolute Gasteiger partial charge is 0.444 e. The third-order valence-electron chi connectivity index (χ3n) is 6.89. The number of piperidine rings is 1.